The van der Waals surface area contributed by atoms with Crippen molar-refractivity contribution >= 4 is 40.3 Å². The zero-order chi connectivity index (χ0) is 17.2. The number of nitrogens with one attached hydrogen (secondary N) is 1. The van der Waals surface area contributed by atoms with Crippen molar-refractivity contribution in [3.63, 3.8) is 0 Å². The van der Waals surface area contributed by atoms with Gasteiger partial charge in [-0.05, 0) is 36.8 Å². The van der Waals surface area contributed by atoms with E-state index in [-0.39, 0.29) is 5.91 Å². The predicted molar refractivity (Wildman–Crippen MR) is 106 cm³/mol. The molecule has 7 heteroatoms. The van der Waals surface area contributed by atoms with Crippen LogP contribution in [0.5, 0.6) is 0 Å². The maximum absolute atomic E-state index is 12.9. The van der Waals surface area contributed by atoms with Crippen LogP contribution in [0, 0.1) is 6.92 Å². The van der Waals surface area contributed by atoms with Gasteiger partial charge in [-0.25, -0.2) is 4.98 Å². The zero-order valence-corrected chi connectivity index (χ0v) is 16.4. The monoisotopic (exact) mass is 389 g/mol. The maximum atomic E-state index is 12.9. The molecule has 0 saturated carbocycles. The Balaban J connectivity index is 1.55. The van der Waals surface area contributed by atoms with Gasteiger partial charge in [-0.1, -0.05) is 0 Å². The Morgan fingerprint density at radius 2 is 2.20 bits per heavy atom. The fourth-order valence-electron chi connectivity index (χ4n) is 3.02. The van der Waals surface area contributed by atoms with Crippen molar-refractivity contribution < 1.29 is 4.79 Å². The normalized spacial score (nSPS) is 13.6. The van der Waals surface area contributed by atoms with Crippen molar-refractivity contribution in [2.24, 2.45) is 0 Å². The summed E-state index contributed by atoms with van der Waals surface area (Å²) in [6.45, 7) is 2.62. The van der Waals surface area contributed by atoms with E-state index in [0.29, 0.717) is 6.54 Å². The molecule has 4 rings (SSSR count). The third kappa shape index (κ3) is 3.54. The van der Waals surface area contributed by atoms with Crippen LogP contribution in [-0.4, -0.2) is 27.8 Å². The molecule has 0 unspecified atom stereocenters. The van der Waals surface area contributed by atoms with Crippen LogP contribution in [0.4, 0.5) is 0 Å². The van der Waals surface area contributed by atoms with Crippen molar-refractivity contribution in [2.45, 2.75) is 25.5 Å². The second kappa shape index (κ2) is 7.35. The molecular weight excluding hydrogens is 370 g/mol. The van der Waals surface area contributed by atoms with Gasteiger partial charge in [0.15, 0.2) is 0 Å². The molecule has 3 aromatic rings. The largest absolute Gasteiger partial charge is 0.352 e. The molecule has 0 aliphatic carbocycles. The van der Waals surface area contributed by atoms with Gasteiger partial charge in [0, 0.05) is 41.4 Å². The Morgan fingerprint density at radius 3 is 2.96 bits per heavy atom. The first-order valence-electron chi connectivity index (χ1n) is 8.27. The number of fused-ring (bicyclic) bond motifs is 1. The Kier molecular flexibility index (Phi) is 4.96. The summed E-state index contributed by atoms with van der Waals surface area (Å²) < 4.78 is 2.06. The van der Waals surface area contributed by atoms with Gasteiger partial charge < -0.3 is 9.88 Å². The molecule has 0 fully saturated rings. The van der Waals surface area contributed by atoms with E-state index in [9.17, 15) is 4.79 Å². The number of rotatable bonds is 5. The highest BCUT2D eigenvalue weighted by Gasteiger charge is 2.26. The summed E-state index contributed by atoms with van der Waals surface area (Å²) in [7, 11) is 0. The number of thiazole rings is 1. The first kappa shape index (κ1) is 16.9. The van der Waals surface area contributed by atoms with Crippen LogP contribution in [0.2, 0.25) is 0 Å². The van der Waals surface area contributed by atoms with Crippen molar-refractivity contribution in [1.29, 1.82) is 0 Å². The molecule has 3 aromatic heterocycles. The van der Waals surface area contributed by atoms with Gasteiger partial charge in [-0.3, -0.25) is 4.79 Å². The molecule has 1 aliphatic heterocycles. The lowest BCUT2D eigenvalue weighted by atomic mass is 10.1. The van der Waals surface area contributed by atoms with Crippen LogP contribution < -0.4 is 5.32 Å². The summed E-state index contributed by atoms with van der Waals surface area (Å²) in [5.74, 6) is 2.15. The summed E-state index contributed by atoms with van der Waals surface area (Å²) in [4.78, 5) is 18.8. The molecule has 1 amide bonds. The molecule has 0 atom stereocenters. The van der Waals surface area contributed by atoms with E-state index in [1.165, 1.54) is 10.4 Å². The topological polar surface area (TPSA) is 46.9 Å². The van der Waals surface area contributed by atoms with Gasteiger partial charge in [0.2, 0.25) is 0 Å². The Bertz CT molecular complexity index is 880. The number of carbonyl (C=O) groups is 1. The van der Waals surface area contributed by atoms with Crippen LogP contribution in [0.1, 0.15) is 31.5 Å². The summed E-state index contributed by atoms with van der Waals surface area (Å²) in [5.41, 5.74) is 3.16. The average molecular weight is 390 g/mol. The second-order valence-electron chi connectivity index (χ2n) is 5.94. The molecule has 1 N–H and O–H groups in total. The van der Waals surface area contributed by atoms with Crippen molar-refractivity contribution in [2.75, 3.05) is 12.3 Å². The third-order valence-corrected chi connectivity index (χ3v) is 7.44. The fourth-order valence-corrected chi connectivity index (χ4v) is 6.11. The predicted octanol–water partition coefficient (Wildman–Crippen LogP) is 4.07. The third-order valence-electron chi connectivity index (χ3n) is 4.20. The summed E-state index contributed by atoms with van der Waals surface area (Å²) in [5, 5.41) is 7.28. The number of aryl methyl sites for hydroxylation is 1. The minimum atomic E-state index is 0.0417. The molecule has 0 bridgehead atoms. The highest BCUT2D eigenvalue weighted by atomic mass is 32.2. The van der Waals surface area contributed by atoms with Gasteiger partial charge in [-0.2, -0.15) is 11.8 Å². The van der Waals surface area contributed by atoms with E-state index in [1.807, 2.05) is 43.2 Å². The summed E-state index contributed by atoms with van der Waals surface area (Å²) >= 11 is 5.35. The summed E-state index contributed by atoms with van der Waals surface area (Å²) in [6, 6.07) is 4.00. The molecule has 1 aliphatic rings. The number of amides is 1. The van der Waals surface area contributed by atoms with E-state index in [0.717, 1.165) is 45.6 Å². The number of hydrogen-bond donors (Lipinski definition) is 1. The van der Waals surface area contributed by atoms with Gasteiger partial charge >= 0.3 is 0 Å². The number of hydrogen-bond acceptors (Lipinski definition) is 5. The van der Waals surface area contributed by atoms with Crippen LogP contribution in [-0.2, 0) is 18.6 Å². The molecule has 130 valence electrons. The number of carbonyl (C=O) groups excluding carboxylic acids is 1. The van der Waals surface area contributed by atoms with Gasteiger partial charge in [-0.15, -0.1) is 22.7 Å². The van der Waals surface area contributed by atoms with E-state index < -0.39 is 0 Å². The smallest absolute Gasteiger partial charge is 0.254 e. The van der Waals surface area contributed by atoms with Crippen LogP contribution >= 0.6 is 34.4 Å². The fraction of sp³-hybridized carbons (Fsp3) is 0.333. The van der Waals surface area contributed by atoms with E-state index in [1.54, 1.807) is 22.7 Å². The minimum absolute atomic E-state index is 0.0417. The van der Waals surface area contributed by atoms with E-state index in [4.69, 9.17) is 0 Å². The Labute approximate surface area is 159 Å². The first-order valence-corrected chi connectivity index (χ1v) is 11.1. The highest BCUT2D eigenvalue weighted by molar-refractivity contribution is 7.98. The van der Waals surface area contributed by atoms with E-state index in [2.05, 4.69) is 20.2 Å². The first-order chi connectivity index (χ1) is 12.2. The number of aromatic nitrogens is 2. The van der Waals surface area contributed by atoms with Gasteiger partial charge in [0.25, 0.3) is 5.91 Å². The van der Waals surface area contributed by atoms with Crippen molar-refractivity contribution in [3.05, 3.63) is 56.6 Å². The molecule has 4 heterocycles. The number of nitrogens with zero attached hydrogens (tertiary/aromatic N) is 2. The lowest BCUT2D eigenvalue weighted by Crippen LogP contribution is -2.27. The van der Waals surface area contributed by atoms with Gasteiger partial charge in [0.1, 0.15) is 5.00 Å². The molecule has 0 saturated heterocycles. The lowest BCUT2D eigenvalue weighted by molar-refractivity contribution is 0.0953. The zero-order valence-electron chi connectivity index (χ0n) is 13.9. The lowest BCUT2D eigenvalue weighted by Gasteiger charge is -2.13. The summed E-state index contributed by atoms with van der Waals surface area (Å²) in [6.07, 6.45) is 5.78. The second-order valence-corrected chi connectivity index (χ2v) is 9.19. The number of thioether (sulfide) groups is 1. The minimum Gasteiger partial charge on any atom is -0.352 e. The molecule has 0 radical (unpaired) electrons. The van der Waals surface area contributed by atoms with E-state index >= 15 is 0 Å². The van der Waals surface area contributed by atoms with Crippen LogP contribution in [0.3, 0.4) is 0 Å². The molecule has 4 nitrogen and oxygen atoms in total. The number of thiophene rings is 1. The molecule has 25 heavy (non-hydrogen) atoms. The standard InChI is InChI=1S/C18H19N3OS3/c1-12-20-13(10-24-12)4-6-19-17(22)16-14-5-9-23-11-15(14)25-18(16)21-7-2-3-8-21/h2-3,7-8,10H,4-6,9,11H2,1H3,(H,19,22). The Morgan fingerprint density at radius 1 is 1.36 bits per heavy atom. The van der Waals surface area contributed by atoms with Gasteiger partial charge in [0.05, 0.1) is 16.3 Å². The Hall–Kier alpha value is -1.57. The van der Waals surface area contributed by atoms with Crippen LogP contribution in [0.15, 0.2) is 29.9 Å². The maximum Gasteiger partial charge on any atom is 0.254 e. The SMILES string of the molecule is Cc1nc(CCNC(=O)c2c(-n3cccc3)sc3c2CCSC3)cs1. The quantitative estimate of drug-likeness (QED) is 0.716. The van der Waals surface area contributed by atoms with Crippen molar-refractivity contribution in [1.82, 2.24) is 14.9 Å². The molecule has 0 spiro atoms. The molecular formula is C18H19N3OS3. The highest BCUT2D eigenvalue weighted by Crippen LogP contribution is 2.38. The average Bonchev–Trinajstić information content (AvgIpc) is 3.33. The van der Waals surface area contributed by atoms with Crippen molar-refractivity contribution in [3.8, 4) is 5.00 Å². The van der Waals surface area contributed by atoms with Crippen LogP contribution in [0.25, 0.3) is 5.00 Å². The molecule has 0 aromatic carbocycles.